The second-order valence-corrected chi connectivity index (χ2v) is 4.26. The van der Waals surface area contributed by atoms with E-state index in [1.54, 1.807) is 6.07 Å². The van der Waals surface area contributed by atoms with Crippen LogP contribution in [0.4, 0.5) is 5.69 Å². The number of hydrogen-bond acceptors (Lipinski definition) is 4. The molecular weight excluding hydrogens is 256 g/mol. The van der Waals surface area contributed by atoms with Crippen LogP contribution >= 0.6 is 0 Å². The Bertz CT molecular complexity index is 706. The van der Waals surface area contributed by atoms with E-state index in [4.69, 9.17) is 5.53 Å². The second-order valence-electron chi connectivity index (χ2n) is 4.26. The minimum atomic E-state index is -0.567. The molecule has 0 aliphatic carbocycles. The van der Waals surface area contributed by atoms with Crippen molar-refractivity contribution in [2.45, 2.75) is 19.8 Å². The molecule has 6 heteroatoms. The predicted molar refractivity (Wildman–Crippen MR) is 75.9 cm³/mol. The van der Waals surface area contributed by atoms with Gasteiger partial charge in [-0.05, 0) is 17.5 Å². The minimum absolute atomic E-state index is 0.173. The van der Waals surface area contributed by atoms with Crippen LogP contribution in [0.3, 0.4) is 0 Å². The number of para-hydroxylation sites is 1. The highest BCUT2D eigenvalue weighted by Gasteiger charge is 2.16. The number of benzene rings is 1. The van der Waals surface area contributed by atoms with Gasteiger partial charge in [0.2, 0.25) is 0 Å². The number of pyridine rings is 1. The molecule has 0 unspecified atom stereocenters. The summed E-state index contributed by atoms with van der Waals surface area (Å²) in [5.74, 6) is -0.567. The molecule has 1 aromatic carbocycles. The number of ether oxygens (including phenoxy) is 1. The molecule has 1 aromatic heterocycles. The number of methoxy groups -OCH3 is 1. The normalized spacial score (nSPS) is 10.1. The summed E-state index contributed by atoms with van der Waals surface area (Å²) in [5.41, 5.74) is 11.0. The van der Waals surface area contributed by atoms with E-state index in [0.29, 0.717) is 5.39 Å². The SMILES string of the molecule is CCCc1cccc2c(N=[N+]=[N-])c(C(=O)OC)cnc12. The van der Waals surface area contributed by atoms with E-state index < -0.39 is 5.97 Å². The molecule has 0 atom stereocenters. The number of rotatable bonds is 4. The molecule has 0 bridgehead atoms. The maximum absolute atomic E-state index is 11.7. The van der Waals surface area contributed by atoms with Crippen molar-refractivity contribution in [2.24, 2.45) is 5.11 Å². The summed E-state index contributed by atoms with van der Waals surface area (Å²) in [6.45, 7) is 2.08. The third kappa shape index (κ3) is 2.41. The van der Waals surface area contributed by atoms with Crippen LogP contribution in [0.1, 0.15) is 29.3 Å². The zero-order valence-corrected chi connectivity index (χ0v) is 11.3. The van der Waals surface area contributed by atoms with E-state index in [1.807, 2.05) is 12.1 Å². The number of nitrogens with zero attached hydrogens (tertiary/aromatic N) is 4. The van der Waals surface area contributed by atoms with Crippen LogP contribution in [0, 0.1) is 0 Å². The van der Waals surface area contributed by atoms with Crippen LogP contribution in [0.5, 0.6) is 0 Å². The average Bonchev–Trinajstić information content (AvgIpc) is 2.48. The fourth-order valence-corrected chi connectivity index (χ4v) is 2.15. The van der Waals surface area contributed by atoms with Crippen molar-refractivity contribution in [3.05, 3.63) is 46.0 Å². The van der Waals surface area contributed by atoms with Crippen molar-refractivity contribution >= 4 is 22.6 Å². The second kappa shape index (κ2) is 6.04. The molecule has 2 rings (SSSR count). The molecule has 0 saturated carbocycles. The first kappa shape index (κ1) is 13.8. The Morgan fingerprint density at radius 3 is 2.95 bits per heavy atom. The molecule has 0 N–H and O–H groups in total. The molecule has 0 aliphatic heterocycles. The Kier molecular flexibility index (Phi) is 4.17. The zero-order chi connectivity index (χ0) is 14.5. The van der Waals surface area contributed by atoms with Crippen molar-refractivity contribution in [3.8, 4) is 0 Å². The van der Waals surface area contributed by atoms with Gasteiger partial charge in [-0.3, -0.25) is 4.98 Å². The fraction of sp³-hybridized carbons (Fsp3) is 0.286. The van der Waals surface area contributed by atoms with E-state index in [2.05, 4.69) is 26.7 Å². The first-order valence-electron chi connectivity index (χ1n) is 6.27. The maximum atomic E-state index is 11.7. The summed E-state index contributed by atoms with van der Waals surface area (Å²) in [6, 6.07) is 5.64. The molecule has 0 fully saturated rings. The lowest BCUT2D eigenvalue weighted by molar-refractivity contribution is 0.0601. The number of aryl methyl sites for hydroxylation is 1. The average molecular weight is 270 g/mol. The summed E-state index contributed by atoms with van der Waals surface area (Å²) in [6.07, 6.45) is 3.26. The highest BCUT2D eigenvalue weighted by Crippen LogP contribution is 2.31. The van der Waals surface area contributed by atoms with Gasteiger partial charge in [-0.25, -0.2) is 4.79 Å². The van der Waals surface area contributed by atoms with E-state index in [9.17, 15) is 4.79 Å². The highest BCUT2D eigenvalue weighted by atomic mass is 16.5. The monoisotopic (exact) mass is 270 g/mol. The minimum Gasteiger partial charge on any atom is -0.465 e. The molecule has 6 nitrogen and oxygen atoms in total. The molecular formula is C14H14N4O2. The van der Waals surface area contributed by atoms with Crippen molar-refractivity contribution in [2.75, 3.05) is 7.11 Å². The summed E-state index contributed by atoms with van der Waals surface area (Å²) in [7, 11) is 1.28. The van der Waals surface area contributed by atoms with Crippen LogP contribution in [-0.2, 0) is 11.2 Å². The lowest BCUT2D eigenvalue weighted by Gasteiger charge is -2.09. The van der Waals surface area contributed by atoms with Gasteiger partial charge < -0.3 is 4.74 Å². The smallest absolute Gasteiger partial charge is 0.339 e. The molecule has 20 heavy (non-hydrogen) atoms. The molecule has 0 radical (unpaired) electrons. The Labute approximate surface area is 116 Å². The van der Waals surface area contributed by atoms with Crippen molar-refractivity contribution in [1.82, 2.24) is 4.98 Å². The molecule has 1 heterocycles. The third-order valence-corrected chi connectivity index (χ3v) is 3.02. The third-order valence-electron chi connectivity index (χ3n) is 3.02. The number of azide groups is 1. The highest BCUT2D eigenvalue weighted by molar-refractivity contribution is 6.04. The van der Waals surface area contributed by atoms with Gasteiger partial charge in [0.1, 0.15) is 0 Å². The fourth-order valence-electron chi connectivity index (χ4n) is 2.15. The van der Waals surface area contributed by atoms with Gasteiger partial charge >= 0.3 is 5.97 Å². The quantitative estimate of drug-likeness (QED) is 0.365. The summed E-state index contributed by atoms with van der Waals surface area (Å²) >= 11 is 0. The van der Waals surface area contributed by atoms with Gasteiger partial charge in [0.05, 0.1) is 23.9 Å². The van der Waals surface area contributed by atoms with Gasteiger partial charge in [0.15, 0.2) is 0 Å². The lowest BCUT2D eigenvalue weighted by Crippen LogP contribution is -2.03. The summed E-state index contributed by atoms with van der Waals surface area (Å²) < 4.78 is 4.69. The van der Waals surface area contributed by atoms with Crippen LogP contribution in [0.2, 0.25) is 0 Å². The molecule has 0 aliphatic rings. The first-order chi connectivity index (χ1) is 9.72. The van der Waals surface area contributed by atoms with Crippen LogP contribution in [0.15, 0.2) is 29.5 Å². The van der Waals surface area contributed by atoms with Crippen LogP contribution in [-0.4, -0.2) is 18.1 Å². The van der Waals surface area contributed by atoms with Gasteiger partial charge in [-0.15, -0.1) is 0 Å². The zero-order valence-electron chi connectivity index (χ0n) is 11.3. The van der Waals surface area contributed by atoms with Gasteiger partial charge in [0.25, 0.3) is 0 Å². The van der Waals surface area contributed by atoms with E-state index in [0.717, 1.165) is 23.9 Å². The summed E-state index contributed by atoms with van der Waals surface area (Å²) in [4.78, 5) is 18.8. The van der Waals surface area contributed by atoms with Crippen molar-refractivity contribution < 1.29 is 9.53 Å². The largest absolute Gasteiger partial charge is 0.465 e. The molecule has 2 aromatic rings. The number of aromatic nitrogens is 1. The number of carbonyl (C=O) groups excluding carboxylic acids is 1. The Morgan fingerprint density at radius 2 is 2.30 bits per heavy atom. The Hall–Kier alpha value is -2.59. The van der Waals surface area contributed by atoms with Crippen LogP contribution in [0.25, 0.3) is 21.3 Å². The first-order valence-corrected chi connectivity index (χ1v) is 6.27. The molecule has 0 spiro atoms. The number of esters is 1. The van der Waals surface area contributed by atoms with Gasteiger partial charge in [-0.1, -0.05) is 36.7 Å². The molecule has 102 valence electrons. The number of hydrogen-bond donors (Lipinski definition) is 0. The van der Waals surface area contributed by atoms with Gasteiger partial charge in [0, 0.05) is 16.5 Å². The molecule has 0 amide bonds. The standard InChI is InChI=1S/C14H14N4O2/c1-3-5-9-6-4-7-10-12(9)16-8-11(14(19)20-2)13(10)17-18-15/h4,6-8H,3,5H2,1-2H3. The Morgan fingerprint density at radius 1 is 1.50 bits per heavy atom. The predicted octanol–water partition coefficient (Wildman–Crippen LogP) is 3.92. The number of carbonyl (C=O) groups is 1. The Balaban J connectivity index is 2.78. The van der Waals surface area contributed by atoms with Gasteiger partial charge in [-0.2, -0.15) is 0 Å². The topological polar surface area (TPSA) is 88.0 Å². The lowest BCUT2D eigenvalue weighted by atomic mass is 10.0. The van der Waals surface area contributed by atoms with Crippen molar-refractivity contribution in [3.63, 3.8) is 0 Å². The maximum Gasteiger partial charge on any atom is 0.339 e. The van der Waals surface area contributed by atoms with E-state index in [1.165, 1.54) is 13.3 Å². The van der Waals surface area contributed by atoms with Crippen LogP contribution < -0.4 is 0 Å². The molecule has 0 saturated heterocycles. The van der Waals surface area contributed by atoms with Crippen molar-refractivity contribution in [1.29, 1.82) is 0 Å². The number of fused-ring (bicyclic) bond motifs is 1. The van der Waals surface area contributed by atoms with E-state index >= 15 is 0 Å². The summed E-state index contributed by atoms with van der Waals surface area (Å²) in [5, 5.41) is 4.31. The van der Waals surface area contributed by atoms with E-state index in [-0.39, 0.29) is 11.3 Å².